The Hall–Kier alpha value is -3.65. The van der Waals surface area contributed by atoms with Crippen molar-refractivity contribution < 1.29 is 4.79 Å². The van der Waals surface area contributed by atoms with Crippen molar-refractivity contribution in [1.82, 2.24) is 30.0 Å². The molecule has 1 aliphatic rings. The van der Waals surface area contributed by atoms with Crippen molar-refractivity contribution in [1.29, 1.82) is 0 Å². The van der Waals surface area contributed by atoms with E-state index in [-0.39, 0.29) is 5.91 Å². The molecule has 8 nitrogen and oxygen atoms in total. The number of carbonyl (C=O) groups is 1. The number of nitrogens with one attached hydrogen (secondary N) is 3. The lowest BCUT2D eigenvalue weighted by Crippen LogP contribution is -2.40. The maximum atomic E-state index is 12.3. The first-order valence-electron chi connectivity index (χ1n) is 10.4. The summed E-state index contributed by atoms with van der Waals surface area (Å²) in [6.07, 6.45) is 6.59. The Morgan fingerprint density at radius 3 is 2.97 bits per heavy atom. The monoisotopic (exact) mass is 415 g/mol. The summed E-state index contributed by atoms with van der Waals surface area (Å²) < 4.78 is 0. The second-order valence-electron chi connectivity index (χ2n) is 8.16. The van der Waals surface area contributed by atoms with Crippen LogP contribution in [0.5, 0.6) is 0 Å². The van der Waals surface area contributed by atoms with Gasteiger partial charge in [-0.15, -0.1) is 0 Å². The van der Waals surface area contributed by atoms with Crippen molar-refractivity contribution in [2.75, 3.05) is 39.0 Å². The molecule has 0 unspecified atom stereocenters. The number of hydrogen-bond acceptors (Lipinski definition) is 5. The topological polar surface area (TPSA) is 92.9 Å². The molecule has 0 saturated heterocycles. The summed E-state index contributed by atoms with van der Waals surface area (Å²) in [6, 6.07) is 10.2. The highest BCUT2D eigenvalue weighted by molar-refractivity contribution is 5.95. The zero-order chi connectivity index (χ0) is 21.4. The Bertz CT molecular complexity index is 1280. The third-order valence-corrected chi connectivity index (χ3v) is 5.61. The van der Waals surface area contributed by atoms with E-state index in [1.54, 1.807) is 6.20 Å². The van der Waals surface area contributed by atoms with E-state index >= 15 is 0 Å². The lowest BCUT2D eigenvalue weighted by atomic mass is 10.0. The molecule has 0 spiro atoms. The number of fused-ring (bicyclic) bond motifs is 2. The van der Waals surface area contributed by atoms with Gasteiger partial charge in [0.1, 0.15) is 5.65 Å². The van der Waals surface area contributed by atoms with Crippen LogP contribution >= 0.6 is 0 Å². The van der Waals surface area contributed by atoms with Crippen LogP contribution in [0.2, 0.25) is 0 Å². The average Bonchev–Trinajstić information content (AvgIpc) is 3.40. The smallest absolute Gasteiger partial charge is 0.237 e. The molecule has 4 heterocycles. The standard InChI is InChI=1S/C23H25N7O/c1-29(2)14-22(31)30-9-6-15(7-10-30)21-12-18-20(5-8-24-23(18)27-21)26-17-3-4-19-16(11-17)13-25-28-19/h3-6,8,11-13H,7,9-10,14H2,1-2H3,(H,25,28)(H2,24,26,27). The second-order valence-corrected chi connectivity index (χ2v) is 8.16. The number of nitrogens with zero attached hydrogens (tertiary/aromatic N) is 4. The van der Waals surface area contributed by atoms with Crippen molar-refractivity contribution >= 4 is 44.8 Å². The van der Waals surface area contributed by atoms with E-state index in [4.69, 9.17) is 0 Å². The van der Waals surface area contributed by atoms with Crippen LogP contribution < -0.4 is 5.32 Å². The summed E-state index contributed by atoms with van der Waals surface area (Å²) in [5, 5.41) is 12.7. The summed E-state index contributed by atoms with van der Waals surface area (Å²) in [5.74, 6) is 0.166. The van der Waals surface area contributed by atoms with Gasteiger partial charge in [0.2, 0.25) is 5.91 Å². The molecule has 3 aromatic heterocycles. The van der Waals surface area contributed by atoms with Gasteiger partial charge in [-0.3, -0.25) is 9.89 Å². The molecule has 1 aromatic carbocycles. The van der Waals surface area contributed by atoms with Crippen LogP contribution in [0.1, 0.15) is 12.1 Å². The number of rotatable bonds is 5. The minimum absolute atomic E-state index is 0.166. The zero-order valence-electron chi connectivity index (χ0n) is 17.6. The molecule has 1 amide bonds. The lowest BCUT2D eigenvalue weighted by molar-refractivity contribution is -0.131. The minimum atomic E-state index is 0.166. The molecule has 31 heavy (non-hydrogen) atoms. The number of aromatic nitrogens is 4. The highest BCUT2D eigenvalue weighted by atomic mass is 16.2. The molecule has 158 valence electrons. The van der Waals surface area contributed by atoms with E-state index in [2.05, 4.69) is 43.7 Å². The molecular formula is C23H25N7O. The Morgan fingerprint density at radius 2 is 2.16 bits per heavy atom. The lowest BCUT2D eigenvalue weighted by Gasteiger charge is -2.27. The van der Waals surface area contributed by atoms with Crippen LogP contribution in [0.3, 0.4) is 0 Å². The largest absolute Gasteiger partial charge is 0.355 e. The molecule has 4 aromatic rings. The van der Waals surface area contributed by atoms with E-state index in [9.17, 15) is 4.79 Å². The van der Waals surface area contributed by atoms with Crippen LogP contribution in [0.15, 0.2) is 48.8 Å². The van der Waals surface area contributed by atoms with Gasteiger partial charge in [-0.05, 0) is 56.4 Å². The van der Waals surface area contributed by atoms with Gasteiger partial charge in [-0.25, -0.2) is 4.98 Å². The molecule has 0 atom stereocenters. The summed E-state index contributed by atoms with van der Waals surface area (Å²) in [4.78, 5) is 24.1. The van der Waals surface area contributed by atoms with Crippen molar-refractivity contribution in [2.24, 2.45) is 0 Å². The Balaban J connectivity index is 1.38. The maximum absolute atomic E-state index is 12.3. The first-order valence-corrected chi connectivity index (χ1v) is 10.4. The number of H-pyrrole nitrogens is 2. The molecule has 3 N–H and O–H groups in total. The number of pyridine rings is 1. The fourth-order valence-electron chi connectivity index (χ4n) is 4.00. The van der Waals surface area contributed by atoms with E-state index in [0.717, 1.165) is 52.0 Å². The first-order chi connectivity index (χ1) is 15.1. The van der Waals surface area contributed by atoms with Crippen LogP contribution in [0.4, 0.5) is 11.4 Å². The van der Waals surface area contributed by atoms with Crippen molar-refractivity contribution in [3.63, 3.8) is 0 Å². The highest BCUT2D eigenvalue weighted by Crippen LogP contribution is 2.31. The van der Waals surface area contributed by atoms with Crippen molar-refractivity contribution in [3.8, 4) is 0 Å². The Kier molecular flexibility index (Phi) is 4.91. The summed E-state index contributed by atoms with van der Waals surface area (Å²) >= 11 is 0. The number of aromatic amines is 2. The predicted octanol–water partition coefficient (Wildman–Crippen LogP) is 3.36. The average molecular weight is 416 g/mol. The van der Waals surface area contributed by atoms with Crippen molar-refractivity contribution in [2.45, 2.75) is 6.42 Å². The summed E-state index contributed by atoms with van der Waals surface area (Å²) in [6.45, 7) is 1.82. The second kappa shape index (κ2) is 7.88. The number of likely N-dealkylation sites (N-methyl/N-ethyl adjacent to an activating group) is 1. The quantitative estimate of drug-likeness (QED) is 0.465. The minimum Gasteiger partial charge on any atom is -0.355 e. The number of carbonyl (C=O) groups excluding carboxylic acids is 1. The summed E-state index contributed by atoms with van der Waals surface area (Å²) in [7, 11) is 3.83. The molecule has 0 radical (unpaired) electrons. The van der Waals surface area contributed by atoms with Crippen LogP contribution in [0, 0.1) is 0 Å². The number of benzene rings is 1. The van der Waals surface area contributed by atoms with E-state index in [0.29, 0.717) is 13.1 Å². The molecule has 0 fully saturated rings. The third kappa shape index (κ3) is 3.89. The number of anilines is 2. The first kappa shape index (κ1) is 19.3. The maximum Gasteiger partial charge on any atom is 0.237 e. The van der Waals surface area contributed by atoms with Gasteiger partial charge in [0.05, 0.1) is 23.9 Å². The molecular weight excluding hydrogens is 390 g/mol. The van der Waals surface area contributed by atoms with Gasteiger partial charge >= 0.3 is 0 Å². The summed E-state index contributed by atoms with van der Waals surface area (Å²) in [5.41, 5.74) is 6.12. The molecule has 0 bridgehead atoms. The number of hydrogen-bond donors (Lipinski definition) is 3. The van der Waals surface area contributed by atoms with Crippen LogP contribution in [0.25, 0.3) is 27.5 Å². The van der Waals surface area contributed by atoms with E-state index in [1.165, 1.54) is 5.57 Å². The number of amides is 1. The Morgan fingerprint density at radius 1 is 1.26 bits per heavy atom. The van der Waals surface area contributed by atoms with Gasteiger partial charge in [0.25, 0.3) is 0 Å². The van der Waals surface area contributed by atoms with E-state index < -0.39 is 0 Å². The van der Waals surface area contributed by atoms with Gasteiger partial charge in [0.15, 0.2) is 0 Å². The van der Waals surface area contributed by atoms with Crippen LogP contribution in [-0.2, 0) is 4.79 Å². The molecule has 0 aliphatic carbocycles. The van der Waals surface area contributed by atoms with Gasteiger partial charge in [-0.2, -0.15) is 5.10 Å². The van der Waals surface area contributed by atoms with Gasteiger partial charge < -0.3 is 20.1 Å². The zero-order valence-corrected chi connectivity index (χ0v) is 17.6. The fourth-order valence-corrected chi connectivity index (χ4v) is 4.00. The molecule has 5 rings (SSSR count). The van der Waals surface area contributed by atoms with Gasteiger partial charge in [0, 0.05) is 41.4 Å². The van der Waals surface area contributed by atoms with Crippen LogP contribution in [-0.4, -0.2) is 69.6 Å². The molecule has 1 aliphatic heterocycles. The third-order valence-electron chi connectivity index (χ3n) is 5.61. The molecule has 8 heteroatoms. The van der Waals surface area contributed by atoms with E-state index in [1.807, 2.05) is 48.3 Å². The van der Waals surface area contributed by atoms with Gasteiger partial charge in [-0.1, -0.05) is 6.08 Å². The molecule has 0 saturated carbocycles. The SMILES string of the molecule is CN(C)CC(=O)N1CC=C(c2cc3c(Nc4ccc5[nH]ncc5c4)ccnc3[nH]2)CC1. The fraction of sp³-hybridized carbons (Fsp3) is 0.261. The predicted molar refractivity (Wildman–Crippen MR) is 123 cm³/mol. The Labute approximate surface area is 179 Å². The van der Waals surface area contributed by atoms with Crippen molar-refractivity contribution in [3.05, 3.63) is 54.5 Å². The highest BCUT2D eigenvalue weighted by Gasteiger charge is 2.19. The normalized spacial score (nSPS) is 14.4.